The summed E-state index contributed by atoms with van der Waals surface area (Å²) in [4.78, 5) is 0. The molecule has 0 aliphatic heterocycles. The number of nitrogens with one attached hydrogen (secondary N) is 2. The number of benzene rings is 2. The van der Waals surface area contributed by atoms with E-state index in [1.165, 1.54) is 12.1 Å². The predicted molar refractivity (Wildman–Crippen MR) is 86.8 cm³/mol. The van der Waals surface area contributed by atoms with Gasteiger partial charge in [-0.25, -0.2) is 4.39 Å². The first-order chi connectivity index (χ1) is 11.3. The molecule has 0 atom stereocenters. The van der Waals surface area contributed by atoms with Crippen LogP contribution in [0.3, 0.4) is 0 Å². The summed E-state index contributed by atoms with van der Waals surface area (Å²) in [6.45, 7) is 0. The Labute approximate surface area is 131 Å². The third-order valence-corrected chi connectivity index (χ3v) is 3.57. The molecule has 0 spiro atoms. The molecule has 0 saturated heterocycles. The zero-order chi connectivity index (χ0) is 15.6. The van der Waals surface area contributed by atoms with Gasteiger partial charge in [0.05, 0.1) is 11.6 Å². The zero-order valence-corrected chi connectivity index (χ0v) is 12.0. The predicted octanol–water partition coefficient (Wildman–Crippen LogP) is 3.90. The van der Waals surface area contributed by atoms with Gasteiger partial charge in [0.2, 0.25) is 0 Å². The van der Waals surface area contributed by atoms with Gasteiger partial charge in [-0.05, 0) is 29.8 Å². The fraction of sp³-hybridized carbons (Fsp3) is 0. The molecule has 23 heavy (non-hydrogen) atoms. The highest BCUT2D eigenvalue weighted by Crippen LogP contribution is 2.31. The standard InChI is InChI=1S/C17H12FN5/c18-12-5-3-4-11(10-12)13-6-1-2-7-15(13)20-16-14-8-9-19-21-17(14)23-22-16/h1-10H,(H2,20,21,22,23). The number of halogens is 1. The molecule has 0 aliphatic carbocycles. The minimum absolute atomic E-state index is 0.266. The Hall–Kier alpha value is -3.28. The largest absolute Gasteiger partial charge is 0.338 e. The second-order valence-corrected chi connectivity index (χ2v) is 5.05. The van der Waals surface area contributed by atoms with Crippen LogP contribution in [0.2, 0.25) is 0 Å². The summed E-state index contributed by atoms with van der Waals surface area (Å²) >= 11 is 0. The van der Waals surface area contributed by atoms with E-state index < -0.39 is 0 Å². The molecule has 0 fully saturated rings. The van der Waals surface area contributed by atoms with Crippen LogP contribution in [-0.4, -0.2) is 20.4 Å². The topological polar surface area (TPSA) is 66.5 Å². The molecule has 4 aromatic rings. The SMILES string of the molecule is Fc1cccc(-c2ccccc2Nc2n[nH]c3nnccc23)c1. The van der Waals surface area contributed by atoms with Crippen LogP contribution in [-0.2, 0) is 0 Å². The van der Waals surface area contributed by atoms with Crippen LogP contribution in [0.4, 0.5) is 15.9 Å². The average Bonchev–Trinajstić information content (AvgIpc) is 2.99. The van der Waals surface area contributed by atoms with Crippen molar-refractivity contribution in [1.82, 2.24) is 20.4 Å². The molecule has 4 rings (SSSR count). The van der Waals surface area contributed by atoms with Gasteiger partial charge in [0.25, 0.3) is 0 Å². The van der Waals surface area contributed by atoms with Gasteiger partial charge in [-0.1, -0.05) is 30.3 Å². The Bertz CT molecular complexity index is 979. The molecule has 2 heterocycles. The minimum Gasteiger partial charge on any atom is -0.338 e. The van der Waals surface area contributed by atoms with Gasteiger partial charge in [0.15, 0.2) is 11.5 Å². The van der Waals surface area contributed by atoms with Gasteiger partial charge in [-0.15, -0.1) is 5.10 Å². The van der Waals surface area contributed by atoms with Crippen LogP contribution < -0.4 is 5.32 Å². The van der Waals surface area contributed by atoms with Gasteiger partial charge >= 0.3 is 0 Å². The highest BCUT2D eigenvalue weighted by atomic mass is 19.1. The molecule has 0 aliphatic rings. The maximum atomic E-state index is 13.5. The first-order valence-electron chi connectivity index (χ1n) is 7.09. The quantitative estimate of drug-likeness (QED) is 0.602. The number of H-pyrrole nitrogens is 1. The molecule has 2 aromatic heterocycles. The maximum Gasteiger partial charge on any atom is 0.180 e. The van der Waals surface area contributed by atoms with Crippen LogP contribution in [0.15, 0.2) is 60.8 Å². The highest BCUT2D eigenvalue weighted by Gasteiger charge is 2.10. The lowest BCUT2D eigenvalue weighted by Crippen LogP contribution is -1.94. The molecule has 5 nitrogen and oxygen atoms in total. The normalized spacial score (nSPS) is 10.8. The lowest BCUT2D eigenvalue weighted by molar-refractivity contribution is 0.628. The van der Waals surface area contributed by atoms with Gasteiger partial charge in [0.1, 0.15) is 5.82 Å². The van der Waals surface area contributed by atoms with E-state index in [9.17, 15) is 4.39 Å². The third kappa shape index (κ3) is 2.50. The molecule has 0 radical (unpaired) electrons. The molecule has 0 saturated carbocycles. The van der Waals surface area contributed by atoms with Gasteiger partial charge in [-0.3, -0.25) is 5.10 Å². The van der Waals surface area contributed by atoms with E-state index in [2.05, 4.69) is 25.7 Å². The second-order valence-electron chi connectivity index (χ2n) is 5.05. The van der Waals surface area contributed by atoms with Crippen molar-refractivity contribution in [1.29, 1.82) is 0 Å². The molecule has 0 bridgehead atoms. The van der Waals surface area contributed by atoms with E-state index in [1.807, 2.05) is 36.4 Å². The maximum absolute atomic E-state index is 13.5. The van der Waals surface area contributed by atoms with Crippen molar-refractivity contribution < 1.29 is 4.39 Å². The number of anilines is 2. The number of para-hydroxylation sites is 1. The van der Waals surface area contributed by atoms with Crippen molar-refractivity contribution >= 4 is 22.5 Å². The summed E-state index contributed by atoms with van der Waals surface area (Å²) in [5, 5.41) is 19.0. The van der Waals surface area contributed by atoms with E-state index >= 15 is 0 Å². The van der Waals surface area contributed by atoms with Gasteiger partial charge in [-0.2, -0.15) is 10.2 Å². The van der Waals surface area contributed by atoms with Crippen LogP contribution in [0.25, 0.3) is 22.2 Å². The molecule has 112 valence electrons. The molecular weight excluding hydrogens is 293 g/mol. The number of nitrogens with zero attached hydrogens (tertiary/aromatic N) is 3. The summed E-state index contributed by atoms with van der Waals surface area (Å²) in [7, 11) is 0. The Balaban J connectivity index is 1.78. The van der Waals surface area contributed by atoms with Crippen LogP contribution in [0.5, 0.6) is 0 Å². The monoisotopic (exact) mass is 305 g/mol. The Kier molecular flexibility index (Phi) is 3.20. The molecule has 6 heteroatoms. The van der Waals surface area contributed by atoms with Crippen LogP contribution in [0.1, 0.15) is 0 Å². The fourth-order valence-corrected chi connectivity index (χ4v) is 2.50. The molecule has 0 unspecified atom stereocenters. The van der Waals surface area contributed by atoms with E-state index in [0.717, 1.165) is 22.2 Å². The lowest BCUT2D eigenvalue weighted by Gasteiger charge is -2.11. The smallest absolute Gasteiger partial charge is 0.180 e. The van der Waals surface area contributed by atoms with Gasteiger partial charge in [0, 0.05) is 11.3 Å². The second kappa shape index (κ2) is 5.49. The van der Waals surface area contributed by atoms with E-state index in [1.54, 1.807) is 12.3 Å². The van der Waals surface area contributed by atoms with Gasteiger partial charge < -0.3 is 5.32 Å². The minimum atomic E-state index is -0.266. The Morgan fingerprint density at radius 2 is 1.91 bits per heavy atom. The number of fused-ring (bicyclic) bond motifs is 1. The van der Waals surface area contributed by atoms with Crippen LogP contribution >= 0.6 is 0 Å². The lowest BCUT2D eigenvalue weighted by atomic mass is 10.0. The van der Waals surface area contributed by atoms with Crippen molar-refractivity contribution in [3.8, 4) is 11.1 Å². The molecule has 0 amide bonds. The van der Waals surface area contributed by atoms with E-state index in [-0.39, 0.29) is 5.82 Å². The average molecular weight is 305 g/mol. The number of hydrogen-bond donors (Lipinski definition) is 2. The third-order valence-electron chi connectivity index (χ3n) is 3.57. The first kappa shape index (κ1) is 13.4. The van der Waals surface area contributed by atoms with Crippen molar-refractivity contribution in [2.75, 3.05) is 5.32 Å². The van der Waals surface area contributed by atoms with Crippen molar-refractivity contribution in [3.05, 3.63) is 66.6 Å². The summed E-state index contributed by atoms with van der Waals surface area (Å²) in [6.07, 6.45) is 1.61. The molecule has 2 aromatic carbocycles. The Morgan fingerprint density at radius 3 is 2.83 bits per heavy atom. The zero-order valence-electron chi connectivity index (χ0n) is 12.0. The van der Waals surface area contributed by atoms with E-state index in [0.29, 0.717) is 11.5 Å². The summed E-state index contributed by atoms with van der Waals surface area (Å²) in [6, 6.07) is 16.0. The highest BCUT2D eigenvalue weighted by molar-refractivity contribution is 5.91. The van der Waals surface area contributed by atoms with Crippen LogP contribution in [0, 0.1) is 5.82 Å². The molecular formula is C17H12FN5. The summed E-state index contributed by atoms with van der Waals surface area (Å²) in [5.74, 6) is 0.386. The van der Waals surface area contributed by atoms with Crippen molar-refractivity contribution in [2.24, 2.45) is 0 Å². The molecule has 2 N–H and O–H groups in total. The van der Waals surface area contributed by atoms with Crippen molar-refractivity contribution in [3.63, 3.8) is 0 Å². The summed E-state index contributed by atoms with van der Waals surface area (Å²) < 4.78 is 13.5. The number of rotatable bonds is 3. The van der Waals surface area contributed by atoms with Crippen molar-refractivity contribution in [2.45, 2.75) is 0 Å². The number of aromatic nitrogens is 4. The fourth-order valence-electron chi connectivity index (χ4n) is 2.50. The Morgan fingerprint density at radius 1 is 1.00 bits per heavy atom. The van der Waals surface area contributed by atoms with E-state index in [4.69, 9.17) is 0 Å². The first-order valence-corrected chi connectivity index (χ1v) is 7.09. The number of hydrogen-bond acceptors (Lipinski definition) is 4. The summed E-state index contributed by atoms with van der Waals surface area (Å²) in [5.41, 5.74) is 3.14. The number of aromatic amines is 1.